The molecule has 0 radical (unpaired) electrons. The number of hydrogen-bond donors (Lipinski definition) is 0. The van der Waals surface area contributed by atoms with E-state index in [9.17, 15) is 0 Å². The van der Waals surface area contributed by atoms with E-state index in [2.05, 4.69) is 44.4 Å². The fraction of sp³-hybridized carbons (Fsp3) is 0.769. The molecule has 1 nitrogen and oxygen atoms in total. The van der Waals surface area contributed by atoms with E-state index in [4.69, 9.17) is 0 Å². The average Bonchev–Trinajstić information content (AvgIpc) is 2.59. The summed E-state index contributed by atoms with van der Waals surface area (Å²) in [6, 6.07) is 0. The lowest BCUT2D eigenvalue weighted by atomic mass is 9.87. The van der Waals surface area contributed by atoms with Crippen LogP contribution in [0.2, 0.25) is 0 Å². The third-order valence-corrected chi connectivity index (χ3v) is 4.45. The van der Waals surface area contributed by atoms with Crippen molar-refractivity contribution >= 4 is 23.3 Å². The zero-order valence-electron chi connectivity index (χ0n) is 11.0. The standard InChI is InChI=1S/C13H23NS2/c1-10(2)8-15-7-6-12-11(9-16-14-12)13(3,4)5/h9-10H,6-8H2,1-5H3. The van der Waals surface area contributed by atoms with Crippen molar-refractivity contribution in [2.24, 2.45) is 5.92 Å². The molecule has 3 heteroatoms. The van der Waals surface area contributed by atoms with Crippen LogP contribution in [0, 0.1) is 5.92 Å². The molecule has 0 spiro atoms. The van der Waals surface area contributed by atoms with Crippen molar-refractivity contribution in [2.75, 3.05) is 11.5 Å². The number of hydrogen-bond acceptors (Lipinski definition) is 3. The predicted octanol–water partition coefficient (Wildman–Crippen LogP) is 4.37. The third-order valence-electron chi connectivity index (χ3n) is 2.39. The molecule has 0 aliphatic carbocycles. The van der Waals surface area contributed by atoms with Crippen molar-refractivity contribution in [3.8, 4) is 0 Å². The number of aromatic nitrogens is 1. The molecule has 0 saturated heterocycles. The van der Waals surface area contributed by atoms with Crippen LogP contribution >= 0.6 is 23.3 Å². The summed E-state index contributed by atoms with van der Waals surface area (Å²) in [5.41, 5.74) is 2.99. The van der Waals surface area contributed by atoms with E-state index in [1.807, 2.05) is 11.8 Å². The molecule has 0 bridgehead atoms. The van der Waals surface area contributed by atoms with Crippen LogP contribution < -0.4 is 0 Å². The molecule has 1 heterocycles. The van der Waals surface area contributed by atoms with Gasteiger partial charge in [-0.3, -0.25) is 0 Å². The Bertz CT molecular complexity index is 310. The molecule has 0 saturated carbocycles. The highest BCUT2D eigenvalue weighted by molar-refractivity contribution is 7.99. The summed E-state index contributed by atoms with van der Waals surface area (Å²) in [5.74, 6) is 3.25. The monoisotopic (exact) mass is 257 g/mol. The second-order valence-electron chi connectivity index (χ2n) is 5.64. The highest BCUT2D eigenvalue weighted by atomic mass is 32.2. The Hall–Kier alpha value is -0.0200. The Kier molecular flexibility index (Phi) is 5.32. The fourth-order valence-corrected chi connectivity index (χ4v) is 3.48. The number of rotatable bonds is 5. The molecule has 0 atom stereocenters. The van der Waals surface area contributed by atoms with E-state index in [1.165, 1.54) is 22.8 Å². The zero-order valence-corrected chi connectivity index (χ0v) is 12.7. The number of thioether (sulfide) groups is 1. The molecule has 92 valence electrons. The summed E-state index contributed by atoms with van der Waals surface area (Å²) in [5, 5.41) is 2.21. The number of nitrogens with zero attached hydrogens (tertiary/aromatic N) is 1. The SMILES string of the molecule is CC(C)CSCCc1nscc1C(C)(C)C. The molecule has 1 aromatic rings. The molecular formula is C13H23NS2. The number of aryl methyl sites for hydroxylation is 1. The van der Waals surface area contributed by atoms with Crippen LogP contribution in [0.1, 0.15) is 45.9 Å². The summed E-state index contributed by atoms with van der Waals surface area (Å²) < 4.78 is 4.53. The lowest BCUT2D eigenvalue weighted by Crippen LogP contribution is -2.13. The van der Waals surface area contributed by atoms with Crippen molar-refractivity contribution in [2.45, 2.75) is 46.5 Å². The van der Waals surface area contributed by atoms with Gasteiger partial charge in [0.15, 0.2) is 0 Å². The van der Waals surface area contributed by atoms with E-state index in [0.717, 1.165) is 12.3 Å². The van der Waals surface area contributed by atoms with Crippen LogP contribution in [0.15, 0.2) is 5.38 Å². The Labute approximate surface area is 108 Å². The lowest BCUT2D eigenvalue weighted by Gasteiger charge is -2.18. The van der Waals surface area contributed by atoms with Crippen LogP contribution in [-0.4, -0.2) is 15.9 Å². The summed E-state index contributed by atoms with van der Waals surface area (Å²) in [4.78, 5) is 0. The topological polar surface area (TPSA) is 12.9 Å². The molecular weight excluding hydrogens is 234 g/mol. The maximum Gasteiger partial charge on any atom is 0.0587 e. The van der Waals surface area contributed by atoms with E-state index in [-0.39, 0.29) is 5.41 Å². The Morgan fingerprint density at radius 2 is 2.06 bits per heavy atom. The lowest BCUT2D eigenvalue weighted by molar-refractivity contribution is 0.584. The average molecular weight is 257 g/mol. The first-order chi connectivity index (χ1) is 7.41. The second kappa shape index (κ2) is 6.06. The molecule has 0 aliphatic heterocycles. The fourth-order valence-electron chi connectivity index (χ4n) is 1.54. The molecule has 0 aromatic carbocycles. The molecule has 0 aliphatic rings. The zero-order chi connectivity index (χ0) is 12.2. The van der Waals surface area contributed by atoms with Crippen molar-refractivity contribution in [1.29, 1.82) is 0 Å². The normalized spacial score (nSPS) is 12.4. The minimum atomic E-state index is 0.241. The van der Waals surface area contributed by atoms with E-state index in [0.29, 0.717) is 0 Å². The third kappa shape index (κ3) is 4.46. The van der Waals surface area contributed by atoms with E-state index >= 15 is 0 Å². The molecule has 16 heavy (non-hydrogen) atoms. The molecule has 0 unspecified atom stereocenters. The van der Waals surface area contributed by atoms with Crippen LogP contribution in [-0.2, 0) is 11.8 Å². The van der Waals surface area contributed by atoms with Crippen molar-refractivity contribution in [3.63, 3.8) is 0 Å². The first-order valence-corrected chi connectivity index (χ1v) is 7.92. The summed E-state index contributed by atoms with van der Waals surface area (Å²) in [6.07, 6.45) is 1.12. The van der Waals surface area contributed by atoms with E-state index < -0.39 is 0 Å². The Morgan fingerprint density at radius 1 is 1.38 bits per heavy atom. The highest BCUT2D eigenvalue weighted by Crippen LogP contribution is 2.27. The minimum absolute atomic E-state index is 0.241. The summed E-state index contributed by atoms with van der Waals surface area (Å²) in [6.45, 7) is 11.3. The van der Waals surface area contributed by atoms with Crippen LogP contribution in [0.4, 0.5) is 0 Å². The van der Waals surface area contributed by atoms with E-state index in [1.54, 1.807) is 11.5 Å². The Balaban J connectivity index is 2.46. The smallest absolute Gasteiger partial charge is 0.0587 e. The van der Waals surface area contributed by atoms with Crippen LogP contribution in [0.5, 0.6) is 0 Å². The maximum atomic E-state index is 4.53. The predicted molar refractivity (Wildman–Crippen MR) is 76.7 cm³/mol. The maximum absolute atomic E-state index is 4.53. The van der Waals surface area contributed by atoms with Crippen molar-refractivity contribution in [1.82, 2.24) is 4.37 Å². The summed E-state index contributed by atoms with van der Waals surface area (Å²) >= 11 is 3.64. The largest absolute Gasteiger partial charge is 0.197 e. The first kappa shape index (κ1) is 14.0. The van der Waals surface area contributed by atoms with Gasteiger partial charge in [0.25, 0.3) is 0 Å². The van der Waals surface area contributed by atoms with Gasteiger partial charge in [-0.1, -0.05) is 34.6 Å². The summed E-state index contributed by atoms with van der Waals surface area (Å²) in [7, 11) is 0. The molecule has 1 rings (SSSR count). The van der Waals surface area contributed by atoms with Gasteiger partial charge in [0, 0.05) is 11.8 Å². The van der Waals surface area contributed by atoms with Gasteiger partial charge in [-0.05, 0) is 39.9 Å². The van der Waals surface area contributed by atoms with Gasteiger partial charge in [0.1, 0.15) is 0 Å². The molecule has 0 N–H and O–H groups in total. The second-order valence-corrected chi connectivity index (χ2v) is 7.42. The van der Waals surface area contributed by atoms with Gasteiger partial charge in [0.2, 0.25) is 0 Å². The molecule has 0 amide bonds. The van der Waals surface area contributed by atoms with Crippen molar-refractivity contribution < 1.29 is 0 Å². The van der Waals surface area contributed by atoms with Gasteiger partial charge in [-0.2, -0.15) is 16.1 Å². The van der Waals surface area contributed by atoms with Gasteiger partial charge in [0.05, 0.1) is 5.69 Å². The van der Waals surface area contributed by atoms with Crippen LogP contribution in [0.3, 0.4) is 0 Å². The van der Waals surface area contributed by atoms with Gasteiger partial charge in [-0.25, -0.2) is 0 Å². The first-order valence-electron chi connectivity index (χ1n) is 5.92. The quantitative estimate of drug-likeness (QED) is 0.726. The highest BCUT2D eigenvalue weighted by Gasteiger charge is 2.19. The van der Waals surface area contributed by atoms with Gasteiger partial charge in [-0.15, -0.1) is 0 Å². The minimum Gasteiger partial charge on any atom is -0.197 e. The molecule has 0 fully saturated rings. The van der Waals surface area contributed by atoms with Gasteiger partial charge >= 0.3 is 0 Å². The van der Waals surface area contributed by atoms with Gasteiger partial charge < -0.3 is 0 Å². The van der Waals surface area contributed by atoms with Crippen molar-refractivity contribution in [3.05, 3.63) is 16.6 Å². The molecule has 1 aromatic heterocycles. The van der Waals surface area contributed by atoms with Crippen LogP contribution in [0.25, 0.3) is 0 Å². The Morgan fingerprint density at radius 3 is 2.62 bits per heavy atom.